The van der Waals surface area contributed by atoms with E-state index in [2.05, 4.69) is 5.10 Å². The van der Waals surface area contributed by atoms with Crippen molar-refractivity contribution in [2.45, 2.75) is 13.8 Å². The highest BCUT2D eigenvalue weighted by Gasteiger charge is 2.07. The van der Waals surface area contributed by atoms with Crippen LogP contribution in [-0.2, 0) is 0 Å². The molecule has 98 valence electrons. The van der Waals surface area contributed by atoms with Gasteiger partial charge in [0.15, 0.2) is 0 Å². The third-order valence-corrected chi connectivity index (χ3v) is 3.15. The molecule has 0 atom stereocenters. The SMILES string of the molecule is Cc1cc(C)n(C(=O)/C=C\c2ccc(Cl)cc2Cl)n1. The van der Waals surface area contributed by atoms with Gasteiger partial charge in [-0.15, -0.1) is 0 Å². The van der Waals surface area contributed by atoms with Gasteiger partial charge in [0.25, 0.3) is 5.91 Å². The van der Waals surface area contributed by atoms with Crippen LogP contribution in [0.15, 0.2) is 30.3 Å². The van der Waals surface area contributed by atoms with Crippen molar-refractivity contribution >= 4 is 35.2 Å². The van der Waals surface area contributed by atoms with Crippen molar-refractivity contribution in [2.24, 2.45) is 0 Å². The molecule has 2 aromatic rings. The zero-order valence-electron chi connectivity index (χ0n) is 10.5. The van der Waals surface area contributed by atoms with E-state index in [-0.39, 0.29) is 5.91 Å². The Kier molecular flexibility index (Phi) is 4.08. The maximum Gasteiger partial charge on any atom is 0.271 e. The molecule has 0 aliphatic rings. The second-order valence-electron chi connectivity index (χ2n) is 4.18. The molecule has 3 nitrogen and oxygen atoms in total. The first-order valence-electron chi connectivity index (χ1n) is 5.68. The van der Waals surface area contributed by atoms with E-state index in [1.54, 1.807) is 24.3 Å². The van der Waals surface area contributed by atoms with Gasteiger partial charge in [0.2, 0.25) is 0 Å². The molecule has 0 fully saturated rings. The van der Waals surface area contributed by atoms with E-state index in [9.17, 15) is 4.79 Å². The van der Waals surface area contributed by atoms with Gasteiger partial charge >= 0.3 is 0 Å². The summed E-state index contributed by atoms with van der Waals surface area (Å²) < 4.78 is 1.36. The number of nitrogens with zero attached hydrogens (tertiary/aromatic N) is 2. The minimum Gasteiger partial charge on any atom is -0.267 e. The second-order valence-corrected chi connectivity index (χ2v) is 5.02. The van der Waals surface area contributed by atoms with Crippen LogP contribution in [0.2, 0.25) is 10.0 Å². The van der Waals surface area contributed by atoms with Gasteiger partial charge in [-0.3, -0.25) is 4.79 Å². The summed E-state index contributed by atoms with van der Waals surface area (Å²) in [5.74, 6) is -0.211. The number of allylic oxidation sites excluding steroid dienone is 1. The number of carbonyl (C=O) groups is 1. The first-order valence-corrected chi connectivity index (χ1v) is 6.43. The third-order valence-electron chi connectivity index (χ3n) is 2.59. The van der Waals surface area contributed by atoms with Crippen molar-refractivity contribution < 1.29 is 4.79 Å². The predicted octanol–water partition coefficient (Wildman–Crippen LogP) is 4.16. The zero-order valence-corrected chi connectivity index (χ0v) is 12.0. The Labute approximate surface area is 121 Å². The number of hydrogen-bond donors (Lipinski definition) is 0. The van der Waals surface area contributed by atoms with Gasteiger partial charge in [0.05, 0.1) is 5.69 Å². The Morgan fingerprint density at radius 2 is 2.00 bits per heavy atom. The molecule has 0 aliphatic heterocycles. The maximum absolute atomic E-state index is 12.0. The topological polar surface area (TPSA) is 34.9 Å². The summed E-state index contributed by atoms with van der Waals surface area (Å²) in [5, 5.41) is 5.19. The summed E-state index contributed by atoms with van der Waals surface area (Å²) in [6.07, 6.45) is 3.09. The van der Waals surface area contributed by atoms with Crippen LogP contribution >= 0.6 is 23.2 Å². The zero-order chi connectivity index (χ0) is 14.0. The van der Waals surface area contributed by atoms with Crippen molar-refractivity contribution in [1.82, 2.24) is 9.78 Å². The summed E-state index contributed by atoms with van der Waals surface area (Å²) in [6.45, 7) is 3.68. The molecule has 2 rings (SSSR count). The molecule has 0 spiro atoms. The van der Waals surface area contributed by atoms with Crippen LogP contribution in [0.1, 0.15) is 21.7 Å². The molecule has 0 radical (unpaired) electrons. The molecular formula is C14H12Cl2N2O. The molecule has 19 heavy (non-hydrogen) atoms. The van der Waals surface area contributed by atoms with Crippen molar-refractivity contribution in [3.8, 4) is 0 Å². The van der Waals surface area contributed by atoms with Gasteiger partial charge in [-0.2, -0.15) is 5.10 Å². The number of rotatable bonds is 2. The lowest BCUT2D eigenvalue weighted by Crippen LogP contribution is -2.10. The average Bonchev–Trinajstić information content (AvgIpc) is 2.67. The molecule has 1 heterocycles. The Morgan fingerprint density at radius 1 is 1.26 bits per heavy atom. The van der Waals surface area contributed by atoms with E-state index in [1.807, 2.05) is 19.9 Å². The lowest BCUT2D eigenvalue weighted by Gasteiger charge is -2.00. The number of aromatic nitrogens is 2. The number of hydrogen-bond acceptors (Lipinski definition) is 2. The normalized spacial score (nSPS) is 11.2. The molecule has 0 amide bonds. The highest BCUT2D eigenvalue weighted by molar-refractivity contribution is 6.35. The van der Waals surface area contributed by atoms with E-state index in [0.717, 1.165) is 17.0 Å². The van der Waals surface area contributed by atoms with E-state index < -0.39 is 0 Å². The summed E-state index contributed by atoms with van der Waals surface area (Å²) in [4.78, 5) is 12.0. The Balaban J connectivity index is 2.23. The van der Waals surface area contributed by atoms with E-state index in [4.69, 9.17) is 23.2 Å². The van der Waals surface area contributed by atoms with Crippen LogP contribution in [0, 0.1) is 13.8 Å². The first-order chi connectivity index (χ1) is 8.97. The van der Waals surface area contributed by atoms with Crippen LogP contribution in [0.3, 0.4) is 0 Å². The molecular weight excluding hydrogens is 283 g/mol. The molecule has 1 aromatic heterocycles. The molecule has 0 unspecified atom stereocenters. The Morgan fingerprint density at radius 3 is 2.58 bits per heavy atom. The average molecular weight is 295 g/mol. The molecule has 0 bridgehead atoms. The van der Waals surface area contributed by atoms with E-state index in [1.165, 1.54) is 10.8 Å². The van der Waals surface area contributed by atoms with Crippen LogP contribution < -0.4 is 0 Å². The summed E-state index contributed by atoms with van der Waals surface area (Å²) >= 11 is 11.8. The summed E-state index contributed by atoms with van der Waals surface area (Å²) in [7, 11) is 0. The van der Waals surface area contributed by atoms with Crippen molar-refractivity contribution in [3.05, 3.63) is 57.3 Å². The third kappa shape index (κ3) is 3.25. The van der Waals surface area contributed by atoms with Gasteiger partial charge in [0, 0.05) is 21.8 Å². The highest BCUT2D eigenvalue weighted by Crippen LogP contribution is 2.22. The lowest BCUT2D eigenvalue weighted by atomic mass is 10.2. The molecule has 0 saturated carbocycles. The lowest BCUT2D eigenvalue weighted by molar-refractivity contribution is 0.0952. The predicted molar refractivity (Wildman–Crippen MR) is 77.8 cm³/mol. The maximum atomic E-state index is 12.0. The fourth-order valence-electron chi connectivity index (χ4n) is 1.72. The number of carbonyl (C=O) groups excluding carboxylic acids is 1. The smallest absolute Gasteiger partial charge is 0.267 e. The van der Waals surface area contributed by atoms with Crippen LogP contribution in [0.4, 0.5) is 0 Å². The molecule has 0 aliphatic carbocycles. The highest BCUT2D eigenvalue weighted by atomic mass is 35.5. The molecule has 0 N–H and O–H groups in total. The van der Waals surface area contributed by atoms with Crippen LogP contribution in [0.25, 0.3) is 6.08 Å². The first kappa shape index (κ1) is 13.8. The fraction of sp³-hybridized carbons (Fsp3) is 0.143. The molecule has 0 saturated heterocycles. The monoisotopic (exact) mass is 294 g/mol. The summed E-state index contributed by atoms with van der Waals surface area (Å²) in [5.41, 5.74) is 2.35. The summed E-state index contributed by atoms with van der Waals surface area (Å²) in [6, 6.07) is 6.97. The van der Waals surface area contributed by atoms with Gasteiger partial charge in [-0.25, -0.2) is 4.68 Å². The van der Waals surface area contributed by atoms with E-state index in [0.29, 0.717) is 10.0 Å². The standard InChI is InChI=1S/C14H12Cl2N2O/c1-9-7-10(2)18(17-9)14(19)6-4-11-3-5-12(15)8-13(11)16/h3-8H,1-2H3/b6-4-. The quantitative estimate of drug-likeness (QED) is 0.780. The van der Waals surface area contributed by atoms with Crippen LogP contribution in [-0.4, -0.2) is 15.7 Å². The van der Waals surface area contributed by atoms with Gasteiger partial charge in [-0.05, 0) is 43.7 Å². The number of aryl methyl sites for hydroxylation is 2. The van der Waals surface area contributed by atoms with Crippen molar-refractivity contribution in [1.29, 1.82) is 0 Å². The minimum absolute atomic E-state index is 0.211. The fourth-order valence-corrected chi connectivity index (χ4v) is 2.19. The van der Waals surface area contributed by atoms with Crippen molar-refractivity contribution in [3.63, 3.8) is 0 Å². The Hall–Kier alpha value is -1.58. The second kappa shape index (κ2) is 5.59. The van der Waals surface area contributed by atoms with Crippen molar-refractivity contribution in [2.75, 3.05) is 0 Å². The van der Waals surface area contributed by atoms with Crippen LogP contribution in [0.5, 0.6) is 0 Å². The van der Waals surface area contributed by atoms with Gasteiger partial charge in [0.1, 0.15) is 0 Å². The van der Waals surface area contributed by atoms with Gasteiger partial charge in [-0.1, -0.05) is 29.3 Å². The largest absolute Gasteiger partial charge is 0.271 e. The molecule has 1 aromatic carbocycles. The van der Waals surface area contributed by atoms with E-state index >= 15 is 0 Å². The molecule has 5 heteroatoms. The minimum atomic E-state index is -0.211. The number of halogens is 2. The Bertz CT molecular complexity index is 659. The number of benzene rings is 1. The van der Waals surface area contributed by atoms with Gasteiger partial charge < -0.3 is 0 Å².